The smallest absolute Gasteiger partial charge is 0.0713 e. The second-order valence-corrected chi connectivity index (χ2v) is 13.2. The molecule has 0 saturated carbocycles. The van der Waals surface area contributed by atoms with E-state index in [2.05, 4.69) is 175 Å². The van der Waals surface area contributed by atoms with Gasteiger partial charge in [0.15, 0.2) is 0 Å². The van der Waals surface area contributed by atoms with Crippen molar-refractivity contribution in [3.63, 3.8) is 0 Å². The van der Waals surface area contributed by atoms with Gasteiger partial charge in [0, 0.05) is 17.4 Å². The molecule has 47 heavy (non-hydrogen) atoms. The average molecular weight is 600 g/mol. The van der Waals surface area contributed by atoms with E-state index in [4.69, 9.17) is 0 Å². The summed E-state index contributed by atoms with van der Waals surface area (Å²) < 4.78 is 0. The quantitative estimate of drug-likeness (QED) is 0.195. The largest absolute Gasteiger partial charge is 0.337 e. The van der Waals surface area contributed by atoms with Crippen LogP contribution in [0.5, 0.6) is 0 Å². The summed E-state index contributed by atoms with van der Waals surface area (Å²) in [5, 5.41) is 0. The maximum absolute atomic E-state index is 2.60. The van der Waals surface area contributed by atoms with Gasteiger partial charge in [-0.3, -0.25) is 0 Å². The summed E-state index contributed by atoms with van der Waals surface area (Å²) in [4.78, 5) is 2.60. The number of hydrogen-bond donors (Lipinski definition) is 0. The molecule has 0 saturated heterocycles. The standard InChI is InChI=1S/C46H33N/c1-4-13-31(14-5-1)32-23-25-43-34(27-32)29-38-30-35-28-33(24-26-44(35)47(38)43)39-20-12-22-42-45(39)40-19-10-11-21-41(40)46(42,36-15-6-2-7-16-36)37-17-8-3-9-18-37/h1-28,38H,29-30H2. The molecule has 0 spiro atoms. The van der Waals surface area contributed by atoms with Crippen LogP contribution in [-0.2, 0) is 18.3 Å². The Morgan fingerprint density at radius 1 is 0.426 bits per heavy atom. The molecule has 0 amide bonds. The third-order valence-electron chi connectivity index (χ3n) is 10.9. The van der Waals surface area contributed by atoms with Crippen molar-refractivity contribution < 1.29 is 0 Å². The Balaban J connectivity index is 1.11. The van der Waals surface area contributed by atoms with E-state index in [0.717, 1.165) is 12.8 Å². The highest BCUT2D eigenvalue weighted by molar-refractivity contribution is 5.96. The van der Waals surface area contributed by atoms with Crippen LogP contribution in [0.4, 0.5) is 11.4 Å². The van der Waals surface area contributed by atoms with Gasteiger partial charge in [-0.05, 0) is 104 Å². The van der Waals surface area contributed by atoms with E-state index < -0.39 is 0 Å². The number of rotatable bonds is 4. The molecule has 1 aliphatic carbocycles. The van der Waals surface area contributed by atoms with E-state index >= 15 is 0 Å². The molecule has 0 N–H and O–H groups in total. The molecule has 0 bridgehead atoms. The van der Waals surface area contributed by atoms with Crippen molar-refractivity contribution in [1.29, 1.82) is 0 Å². The lowest BCUT2D eigenvalue weighted by Gasteiger charge is -2.34. The van der Waals surface area contributed by atoms with E-state index in [1.54, 1.807) is 0 Å². The second-order valence-electron chi connectivity index (χ2n) is 13.2. The Morgan fingerprint density at radius 3 is 1.64 bits per heavy atom. The first-order chi connectivity index (χ1) is 23.3. The molecule has 1 atom stereocenters. The minimum atomic E-state index is -0.383. The zero-order chi connectivity index (χ0) is 31.0. The Labute approximate surface area is 276 Å². The first-order valence-corrected chi connectivity index (χ1v) is 16.8. The highest BCUT2D eigenvalue weighted by Crippen LogP contribution is 2.58. The summed E-state index contributed by atoms with van der Waals surface area (Å²) >= 11 is 0. The van der Waals surface area contributed by atoms with Gasteiger partial charge >= 0.3 is 0 Å². The third-order valence-corrected chi connectivity index (χ3v) is 10.9. The lowest BCUT2D eigenvalue weighted by molar-refractivity contribution is 0.725. The van der Waals surface area contributed by atoms with Crippen molar-refractivity contribution in [3.05, 3.63) is 203 Å². The van der Waals surface area contributed by atoms with Crippen LogP contribution in [0.1, 0.15) is 33.4 Å². The highest BCUT2D eigenvalue weighted by Gasteiger charge is 2.47. The molecular weight excluding hydrogens is 567 g/mol. The molecule has 1 heteroatoms. The summed E-state index contributed by atoms with van der Waals surface area (Å²) in [6, 6.07) is 63.7. The first kappa shape index (κ1) is 26.5. The topological polar surface area (TPSA) is 3.24 Å². The molecular formula is C46H33N. The molecule has 10 rings (SSSR count). The number of hydrogen-bond acceptors (Lipinski definition) is 1. The maximum Gasteiger partial charge on any atom is 0.0713 e. The minimum absolute atomic E-state index is 0.383. The van der Waals surface area contributed by atoms with E-state index in [1.165, 1.54) is 78.1 Å². The van der Waals surface area contributed by atoms with Gasteiger partial charge in [0.25, 0.3) is 0 Å². The van der Waals surface area contributed by atoms with Crippen molar-refractivity contribution in [1.82, 2.24) is 0 Å². The molecule has 222 valence electrons. The number of nitrogens with zero attached hydrogens (tertiary/aromatic N) is 1. The molecule has 1 unspecified atom stereocenters. The van der Waals surface area contributed by atoms with Gasteiger partial charge in [-0.2, -0.15) is 0 Å². The summed E-state index contributed by atoms with van der Waals surface area (Å²) in [5.41, 5.74) is 18.5. The normalized spacial score (nSPS) is 16.3. The van der Waals surface area contributed by atoms with E-state index in [1.807, 2.05) is 0 Å². The first-order valence-electron chi connectivity index (χ1n) is 16.8. The highest BCUT2D eigenvalue weighted by atomic mass is 15.2. The predicted octanol–water partition coefficient (Wildman–Crippen LogP) is 11.0. The summed E-state index contributed by atoms with van der Waals surface area (Å²) in [7, 11) is 0. The lowest BCUT2D eigenvalue weighted by Crippen LogP contribution is -2.28. The van der Waals surface area contributed by atoms with E-state index in [-0.39, 0.29) is 5.41 Å². The van der Waals surface area contributed by atoms with Crippen LogP contribution < -0.4 is 4.90 Å². The average Bonchev–Trinajstić information content (AvgIpc) is 3.78. The van der Waals surface area contributed by atoms with E-state index in [0.29, 0.717) is 6.04 Å². The molecule has 1 nitrogen and oxygen atoms in total. The van der Waals surface area contributed by atoms with Crippen molar-refractivity contribution in [3.8, 4) is 33.4 Å². The maximum atomic E-state index is 2.60. The zero-order valence-corrected chi connectivity index (χ0v) is 26.1. The number of fused-ring (bicyclic) bond motifs is 8. The van der Waals surface area contributed by atoms with Gasteiger partial charge in [0.2, 0.25) is 0 Å². The molecule has 2 heterocycles. The molecule has 3 aliphatic rings. The fourth-order valence-electron chi connectivity index (χ4n) is 8.97. The van der Waals surface area contributed by atoms with Crippen molar-refractivity contribution in [2.45, 2.75) is 24.3 Å². The zero-order valence-electron chi connectivity index (χ0n) is 26.1. The fraction of sp³-hybridized carbons (Fsp3) is 0.0870. The molecule has 0 fully saturated rings. The van der Waals surface area contributed by atoms with Gasteiger partial charge in [0.05, 0.1) is 5.41 Å². The summed E-state index contributed by atoms with van der Waals surface area (Å²) in [6.45, 7) is 0. The molecule has 7 aromatic rings. The van der Waals surface area contributed by atoms with Crippen LogP contribution in [0.15, 0.2) is 170 Å². The predicted molar refractivity (Wildman–Crippen MR) is 194 cm³/mol. The Hall–Kier alpha value is -5.66. The van der Waals surface area contributed by atoms with Crippen LogP contribution in [0.2, 0.25) is 0 Å². The molecule has 0 radical (unpaired) electrons. The van der Waals surface area contributed by atoms with Crippen LogP contribution >= 0.6 is 0 Å². The monoisotopic (exact) mass is 599 g/mol. The van der Waals surface area contributed by atoms with Gasteiger partial charge in [-0.15, -0.1) is 0 Å². The minimum Gasteiger partial charge on any atom is -0.337 e. The number of benzene rings is 7. The van der Waals surface area contributed by atoms with Gasteiger partial charge in [0.1, 0.15) is 0 Å². The van der Waals surface area contributed by atoms with Gasteiger partial charge in [-0.25, -0.2) is 0 Å². The van der Waals surface area contributed by atoms with Gasteiger partial charge in [-0.1, -0.05) is 146 Å². The van der Waals surface area contributed by atoms with Crippen molar-refractivity contribution in [2.75, 3.05) is 4.90 Å². The van der Waals surface area contributed by atoms with Crippen molar-refractivity contribution in [2.24, 2.45) is 0 Å². The summed E-state index contributed by atoms with van der Waals surface area (Å²) in [5.74, 6) is 0. The third kappa shape index (κ3) is 3.77. The Bertz CT molecular complexity index is 2260. The van der Waals surface area contributed by atoms with Gasteiger partial charge < -0.3 is 4.90 Å². The second kappa shape index (κ2) is 10.2. The molecule has 7 aromatic carbocycles. The Morgan fingerprint density at radius 2 is 0.957 bits per heavy atom. The lowest BCUT2D eigenvalue weighted by atomic mass is 9.67. The number of anilines is 2. The van der Waals surface area contributed by atoms with Crippen LogP contribution in [-0.4, -0.2) is 6.04 Å². The van der Waals surface area contributed by atoms with E-state index in [9.17, 15) is 0 Å². The van der Waals surface area contributed by atoms with Crippen molar-refractivity contribution >= 4 is 11.4 Å². The van der Waals surface area contributed by atoms with Crippen LogP contribution in [0, 0.1) is 0 Å². The molecule has 2 aliphatic heterocycles. The SMILES string of the molecule is c1ccc(-c2ccc3c(c2)CC2Cc4cc(-c5cccc6c5-c5ccccc5C6(c5ccccc5)c5ccccc5)ccc4N32)cc1. The fourth-order valence-corrected chi connectivity index (χ4v) is 8.97. The van der Waals surface area contributed by atoms with Crippen LogP contribution in [0.25, 0.3) is 33.4 Å². The Kier molecular flexibility index (Phi) is 5.75. The molecule has 0 aromatic heterocycles. The van der Waals surface area contributed by atoms with Crippen LogP contribution in [0.3, 0.4) is 0 Å². The summed E-state index contributed by atoms with van der Waals surface area (Å²) in [6.07, 6.45) is 2.16.